The lowest BCUT2D eigenvalue weighted by Gasteiger charge is -2.46. The van der Waals surface area contributed by atoms with Gasteiger partial charge < -0.3 is 5.73 Å². The summed E-state index contributed by atoms with van der Waals surface area (Å²) in [6.07, 6.45) is -0.343. The molecule has 3 heteroatoms. The molecule has 0 saturated carbocycles. The molecule has 3 nitrogen and oxygen atoms in total. The molecule has 0 amide bonds. The monoisotopic (exact) mass is 671 g/mol. The first-order valence-corrected chi connectivity index (χ1v) is 18.2. The van der Waals surface area contributed by atoms with E-state index in [4.69, 9.17) is 10.7 Å². The van der Waals surface area contributed by atoms with E-state index in [1.165, 1.54) is 55.6 Å². The van der Waals surface area contributed by atoms with Gasteiger partial charge in [0.25, 0.3) is 0 Å². The number of fused-ring (bicyclic) bond motifs is 9. The molecule has 0 heterocycles. The first-order valence-electron chi connectivity index (χ1n) is 18.2. The van der Waals surface area contributed by atoms with Crippen LogP contribution in [0.2, 0.25) is 0 Å². The standard InChI is InChI=1S/C49H41N3/c1-48(2)41-24-11-13-26-43(41)49(44-27-14-12-25-42(44)48)40-23-10-9-22-38(40)39-29-28-36(31-45(39)49)35-20-15-21-37(30-35)47(51-32-33-16-5-3-6-17-33)52-46(50)34-18-7-4-8-19-34/h3-31,47,51H,32H2,1-2H3,(H2,50,52). The van der Waals surface area contributed by atoms with Gasteiger partial charge in [-0.3, -0.25) is 5.32 Å². The molecule has 9 rings (SSSR count). The zero-order valence-corrected chi connectivity index (χ0v) is 29.6. The van der Waals surface area contributed by atoms with E-state index in [1.54, 1.807) is 0 Å². The molecule has 7 aromatic carbocycles. The van der Waals surface area contributed by atoms with Gasteiger partial charge in [0.05, 0.1) is 5.41 Å². The molecular weight excluding hydrogens is 631 g/mol. The highest BCUT2D eigenvalue weighted by atomic mass is 15.1. The highest BCUT2D eigenvalue weighted by Crippen LogP contribution is 2.62. The van der Waals surface area contributed by atoms with Crippen LogP contribution in [0.15, 0.2) is 181 Å². The second-order valence-electron chi connectivity index (χ2n) is 14.5. The lowest BCUT2D eigenvalue weighted by atomic mass is 9.55. The summed E-state index contributed by atoms with van der Waals surface area (Å²) in [5.41, 5.74) is 22.3. The Hall–Kier alpha value is -6.03. The summed E-state index contributed by atoms with van der Waals surface area (Å²) in [5, 5.41) is 3.69. The molecule has 52 heavy (non-hydrogen) atoms. The highest BCUT2D eigenvalue weighted by molar-refractivity contribution is 5.97. The van der Waals surface area contributed by atoms with E-state index in [0.29, 0.717) is 12.4 Å². The van der Waals surface area contributed by atoms with Crippen LogP contribution >= 0.6 is 0 Å². The van der Waals surface area contributed by atoms with E-state index in [9.17, 15) is 0 Å². The number of amidine groups is 1. The molecule has 1 unspecified atom stereocenters. The van der Waals surface area contributed by atoms with Crippen LogP contribution in [-0.4, -0.2) is 5.84 Å². The number of nitrogens with two attached hydrogens (primary N) is 1. The third kappa shape index (κ3) is 5.04. The molecule has 0 radical (unpaired) electrons. The van der Waals surface area contributed by atoms with Crippen LogP contribution < -0.4 is 11.1 Å². The van der Waals surface area contributed by atoms with E-state index in [2.05, 4.69) is 159 Å². The fourth-order valence-corrected chi connectivity index (χ4v) is 8.80. The van der Waals surface area contributed by atoms with Crippen LogP contribution in [0.4, 0.5) is 0 Å². The molecule has 0 aliphatic heterocycles. The van der Waals surface area contributed by atoms with Crippen molar-refractivity contribution in [3.8, 4) is 22.3 Å². The van der Waals surface area contributed by atoms with Gasteiger partial charge in [-0.1, -0.05) is 178 Å². The average Bonchev–Trinajstić information content (AvgIpc) is 3.49. The van der Waals surface area contributed by atoms with Gasteiger partial charge in [-0.05, 0) is 78.9 Å². The van der Waals surface area contributed by atoms with Crippen molar-refractivity contribution in [3.63, 3.8) is 0 Å². The number of nitrogens with one attached hydrogen (secondary N) is 1. The quantitative estimate of drug-likeness (QED) is 0.131. The van der Waals surface area contributed by atoms with Crippen molar-refractivity contribution in [1.82, 2.24) is 5.32 Å². The Kier molecular flexibility index (Phi) is 7.75. The number of hydrogen-bond acceptors (Lipinski definition) is 2. The van der Waals surface area contributed by atoms with Gasteiger partial charge in [0.15, 0.2) is 0 Å². The lowest BCUT2D eigenvalue weighted by Crippen LogP contribution is -2.40. The van der Waals surface area contributed by atoms with Gasteiger partial charge in [-0.15, -0.1) is 0 Å². The van der Waals surface area contributed by atoms with E-state index >= 15 is 0 Å². The molecule has 252 valence electrons. The minimum Gasteiger partial charge on any atom is -0.383 e. The van der Waals surface area contributed by atoms with Crippen molar-refractivity contribution in [2.45, 2.75) is 37.4 Å². The minimum absolute atomic E-state index is 0.133. The second kappa shape index (κ2) is 12.6. The molecule has 1 spiro atoms. The van der Waals surface area contributed by atoms with Gasteiger partial charge in [-0.25, -0.2) is 4.99 Å². The SMILES string of the molecule is CC1(C)c2ccccc2C2(c3ccccc3-c3ccc(-c4cccc(C(/N=C(\N)c5ccccc5)NCc5ccccc5)c4)cc32)c2ccccc21. The summed E-state index contributed by atoms with van der Waals surface area (Å²) in [6, 6.07) is 63.5. The molecule has 0 aromatic heterocycles. The Labute approximate surface area is 306 Å². The highest BCUT2D eigenvalue weighted by Gasteiger charge is 2.53. The zero-order chi connectivity index (χ0) is 35.3. The number of hydrogen-bond donors (Lipinski definition) is 2. The predicted molar refractivity (Wildman–Crippen MR) is 214 cm³/mol. The third-order valence-electron chi connectivity index (χ3n) is 11.3. The number of nitrogens with zero attached hydrogens (tertiary/aromatic N) is 1. The van der Waals surface area contributed by atoms with Gasteiger partial charge in [0.2, 0.25) is 0 Å². The van der Waals surface area contributed by atoms with Crippen LogP contribution in [-0.2, 0) is 17.4 Å². The molecule has 2 aliphatic rings. The molecule has 7 aromatic rings. The first kappa shape index (κ1) is 31.9. The lowest BCUT2D eigenvalue weighted by molar-refractivity contribution is 0.554. The maximum absolute atomic E-state index is 6.64. The van der Waals surface area contributed by atoms with Crippen molar-refractivity contribution >= 4 is 5.84 Å². The van der Waals surface area contributed by atoms with Crippen molar-refractivity contribution < 1.29 is 0 Å². The Balaban J connectivity index is 1.20. The fourth-order valence-electron chi connectivity index (χ4n) is 8.80. The fraction of sp³-hybridized carbons (Fsp3) is 0.122. The van der Waals surface area contributed by atoms with Crippen LogP contribution in [0.1, 0.15) is 70.1 Å². The summed E-state index contributed by atoms with van der Waals surface area (Å²) in [5.74, 6) is 0.506. The predicted octanol–water partition coefficient (Wildman–Crippen LogP) is 10.5. The van der Waals surface area contributed by atoms with Gasteiger partial charge in [0, 0.05) is 17.5 Å². The van der Waals surface area contributed by atoms with Gasteiger partial charge in [-0.2, -0.15) is 0 Å². The zero-order valence-electron chi connectivity index (χ0n) is 29.6. The molecule has 2 aliphatic carbocycles. The number of rotatable bonds is 7. The molecular formula is C49H41N3. The van der Waals surface area contributed by atoms with Crippen LogP contribution in [0.3, 0.4) is 0 Å². The van der Waals surface area contributed by atoms with Crippen LogP contribution in [0.25, 0.3) is 22.3 Å². The Morgan fingerprint density at radius 1 is 0.538 bits per heavy atom. The summed E-state index contributed by atoms with van der Waals surface area (Å²) in [4.78, 5) is 5.07. The minimum atomic E-state index is -0.434. The topological polar surface area (TPSA) is 50.4 Å². The van der Waals surface area contributed by atoms with E-state index in [0.717, 1.165) is 16.7 Å². The summed E-state index contributed by atoms with van der Waals surface area (Å²) in [7, 11) is 0. The Morgan fingerprint density at radius 2 is 1.10 bits per heavy atom. The van der Waals surface area contributed by atoms with Gasteiger partial charge >= 0.3 is 0 Å². The maximum Gasteiger partial charge on any atom is 0.128 e. The largest absolute Gasteiger partial charge is 0.383 e. The third-order valence-corrected chi connectivity index (χ3v) is 11.3. The van der Waals surface area contributed by atoms with Crippen molar-refractivity contribution in [2.24, 2.45) is 10.7 Å². The van der Waals surface area contributed by atoms with E-state index in [-0.39, 0.29) is 11.6 Å². The molecule has 3 N–H and O–H groups in total. The summed E-state index contributed by atoms with van der Waals surface area (Å²) < 4.78 is 0. The van der Waals surface area contributed by atoms with Crippen molar-refractivity contribution in [1.29, 1.82) is 0 Å². The first-order chi connectivity index (χ1) is 25.5. The van der Waals surface area contributed by atoms with E-state index in [1.807, 2.05) is 36.4 Å². The normalized spacial score (nSPS) is 15.3. The molecule has 1 atom stereocenters. The van der Waals surface area contributed by atoms with Crippen LogP contribution in [0.5, 0.6) is 0 Å². The van der Waals surface area contributed by atoms with E-state index < -0.39 is 5.41 Å². The van der Waals surface area contributed by atoms with Gasteiger partial charge in [0.1, 0.15) is 12.0 Å². The number of aliphatic imine (C=N–C) groups is 1. The average molecular weight is 672 g/mol. The van der Waals surface area contributed by atoms with Crippen molar-refractivity contribution in [3.05, 3.63) is 226 Å². The maximum atomic E-state index is 6.64. The molecule has 0 bridgehead atoms. The smallest absolute Gasteiger partial charge is 0.128 e. The second-order valence-corrected chi connectivity index (χ2v) is 14.5. The molecule has 0 saturated heterocycles. The summed E-state index contributed by atoms with van der Waals surface area (Å²) >= 11 is 0. The van der Waals surface area contributed by atoms with Crippen LogP contribution in [0, 0.1) is 0 Å². The molecule has 0 fully saturated rings. The Morgan fingerprint density at radius 3 is 1.79 bits per heavy atom. The van der Waals surface area contributed by atoms with Crippen molar-refractivity contribution in [2.75, 3.05) is 0 Å². The Bertz CT molecular complexity index is 2410. The number of benzene rings is 7. The summed E-state index contributed by atoms with van der Waals surface area (Å²) in [6.45, 7) is 5.41.